The van der Waals surface area contributed by atoms with Crippen molar-refractivity contribution < 1.29 is 9.53 Å². The zero-order valence-corrected chi connectivity index (χ0v) is 8.89. The van der Waals surface area contributed by atoms with E-state index in [1.54, 1.807) is 6.26 Å². The van der Waals surface area contributed by atoms with Gasteiger partial charge in [0.2, 0.25) is 0 Å². The first-order chi connectivity index (χ1) is 6.20. The van der Waals surface area contributed by atoms with Crippen LogP contribution in [0.5, 0.6) is 0 Å². The molecule has 0 aromatic rings. The summed E-state index contributed by atoms with van der Waals surface area (Å²) in [6, 6.07) is 0. The van der Waals surface area contributed by atoms with E-state index in [2.05, 4.69) is 11.9 Å². The monoisotopic (exact) mass is 204 g/mol. The highest BCUT2D eigenvalue weighted by atomic mass is 32.2. The summed E-state index contributed by atoms with van der Waals surface area (Å²) in [5.41, 5.74) is 5.32. The van der Waals surface area contributed by atoms with Crippen molar-refractivity contribution in [3.63, 3.8) is 0 Å². The highest BCUT2D eigenvalue weighted by Gasteiger charge is 1.99. The lowest BCUT2D eigenvalue weighted by molar-refractivity contribution is 0.155. The van der Waals surface area contributed by atoms with Crippen LogP contribution in [0.3, 0.4) is 0 Å². The van der Waals surface area contributed by atoms with E-state index in [1.165, 1.54) is 11.8 Å². The van der Waals surface area contributed by atoms with Crippen LogP contribution in [-0.2, 0) is 4.74 Å². The van der Waals surface area contributed by atoms with Gasteiger partial charge in [0.25, 0.3) is 0 Å². The molecule has 0 heterocycles. The summed E-state index contributed by atoms with van der Waals surface area (Å²) in [6.07, 6.45) is 4.21. The van der Waals surface area contributed by atoms with Gasteiger partial charge >= 0.3 is 6.09 Å². The third kappa shape index (κ3) is 7.64. The Balaban J connectivity index is 3.51. The topological polar surface area (TPSA) is 64.7 Å². The van der Waals surface area contributed by atoms with Crippen molar-refractivity contribution in [3.8, 4) is 0 Å². The van der Waals surface area contributed by atoms with Gasteiger partial charge in [-0.15, -0.1) is 0 Å². The molecule has 0 spiro atoms. The van der Waals surface area contributed by atoms with Crippen molar-refractivity contribution in [1.82, 2.24) is 0 Å². The van der Waals surface area contributed by atoms with Crippen molar-refractivity contribution >= 4 is 23.0 Å². The molecular formula is C8H16N2O2S. The Morgan fingerprint density at radius 3 is 2.77 bits per heavy atom. The van der Waals surface area contributed by atoms with Gasteiger partial charge in [0.1, 0.15) is 0 Å². The molecule has 0 unspecified atom stereocenters. The highest BCUT2D eigenvalue weighted by molar-refractivity contribution is 8.13. The zero-order chi connectivity index (χ0) is 10.1. The minimum Gasteiger partial charge on any atom is -0.448 e. The third-order valence-electron chi connectivity index (χ3n) is 1.38. The molecule has 13 heavy (non-hydrogen) atoms. The molecule has 0 atom stereocenters. The molecule has 2 N–H and O–H groups in total. The Morgan fingerprint density at radius 1 is 1.54 bits per heavy atom. The van der Waals surface area contributed by atoms with Crippen LogP contribution in [0.4, 0.5) is 4.79 Å². The summed E-state index contributed by atoms with van der Waals surface area (Å²) in [5.74, 6) is 0. The van der Waals surface area contributed by atoms with E-state index in [-0.39, 0.29) is 5.17 Å². The number of hydrogen-bond donors (Lipinski definition) is 1. The van der Waals surface area contributed by atoms with Gasteiger partial charge in [0.05, 0.1) is 6.61 Å². The first kappa shape index (κ1) is 12.3. The summed E-state index contributed by atoms with van der Waals surface area (Å²) >= 11 is 1.22. The van der Waals surface area contributed by atoms with Crippen LogP contribution in [0.1, 0.15) is 26.2 Å². The Hall–Kier alpha value is -0.710. The minimum atomic E-state index is -0.594. The Labute approximate surface area is 82.9 Å². The molecule has 0 bridgehead atoms. The molecule has 1 amide bonds. The molecule has 0 saturated carbocycles. The number of rotatable bonds is 4. The average molecular weight is 204 g/mol. The number of ether oxygens (including phenoxy) is 1. The van der Waals surface area contributed by atoms with E-state index < -0.39 is 6.09 Å². The molecule has 0 radical (unpaired) electrons. The van der Waals surface area contributed by atoms with E-state index in [9.17, 15) is 4.79 Å². The molecule has 0 aromatic carbocycles. The molecule has 0 saturated heterocycles. The predicted molar refractivity (Wildman–Crippen MR) is 56.0 cm³/mol. The fourth-order valence-electron chi connectivity index (χ4n) is 0.679. The number of nitrogens with two attached hydrogens (primary N) is 1. The first-order valence-electron chi connectivity index (χ1n) is 4.25. The summed E-state index contributed by atoms with van der Waals surface area (Å²) in [5, 5.41) is 0.237. The van der Waals surface area contributed by atoms with Crippen molar-refractivity contribution in [1.29, 1.82) is 0 Å². The van der Waals surface area contributed by atoms with Gasteiger partial charge in [-0.25, -0.2) is 4.79 Å². The number of amidine groups is 1. The van der Waals surface area contributed by atoms with Crippen LogP contribution in [0.2, 0.25) is 0 Å². The summed E-state index contributed by atoms with van der Waals surface area (Å²) in [6.45, 7) is 2.52. The molecule has 0 aliphatic rings. The maximum atomic E-state index is 10.9. The van der Waals surface area contributed by atoms with Gasteiger partial charge in [-0.05, 0) is 12.7 Å². The second-order valence-electron chi connectivity index (χ2n) is 2.48. The minimum absolute atomic E-state index is 0.237. The number of nitrogens with zero attached hydrogens (tertiary/aromatic N) is 1. The van der Waals surface area contributed by atoms with Crippen LogP contribution >= 0.6 is 11.8 Å². The Morgan fingerprint density at radius 2 is 2.23 bits per heavy atom. The normalized spacial score (nSPS) is 11.4. The van der Waals surface area contributed by atoms with Crippen molar-refractivity contribution in [2.24, 2.45) is 10.7 Å². The Kier molecular flexibility index (Phi) is 7.48. The number of hydrogen-bond acceptors (Lipinski definition) is 3. The number of thioether (sulfide) groups is 1. The number of amides is 1. The molecule has 0 aliphatic heterocycles. The van der Waals surface area contributed by atoms with Gasteiger partial charge in [-0.2, -0.15) is 4.99 Å². The zero-order valence-electron chi connectivity index (χ0n) is 8.08. The lowest BCUT2D eigenvalue weighted by atomic mass is 10.3. The number of carbonyl (C=O) groups excluding carboxylic acids is 1. The van der Waals surface area contributed by atoms with Crippen molar-refractivity contribution in [3.05, 3.63) is 0 Å². The standard InChI is InChI=1S/C8H16N2O2S/c1-3-4-5-6-12-8(11)10-7(9)13-2/h3-6H2,1-2H3,(H2,9,10,11). The lowest BCUT2D eigenvalue weighted by Gasteiger charge is -2.00. The van der Waals surface area contributed by atoms with Crippen molar-refractivity contribution in [2.75, 3.05) is 12.9 Å². The number of unbranched alkanes of at least 4 members (excludes halogenated alkanes) is 2. The molecular weight excluding hydrogens is 188 g/mol. The SMILES string of the molecule is CCCCCOC(=O)N=C(N)SC. The first-order valence-corrected chi connectivity index (χ1v) is 5.48. The molecule has 4 nitrogen and oxygen atoms in total. The second-order valence-corrected chi connectivity index (χ2v) is 3.30. The third-order valence-corrected chi connectivity index (χ3v) is 1.89. The lowest BCUT2D eigenvalue weighted by Crippen LogP contribution is -2.10. The number of aliphatic imine (C=N–C) groups is 1. The van der Waals surface area contributed by atoms with Crippen molar-refractivity contribution in [2.45, 2.75) is 26.2 Å². The van der Waals surface area contributed by atoms with E-state index in [0.29, 0.717) is 6.61 Å². The molecule has 0 rings (SSSR count). The predicted octanol–water partition coefficient (Wildman–Crippen LogP) is 1.99. The molecule has 0 aromatic heterocycles. The van der Waals surface area contributed by atoms with E-state index >= 15 is 0 Å². The van der Waals surface area contributed by atoms with Gasteiger partial charge in [-0.1, -0.05) is 31.5 Å². The van der Waals surface area contributed by atoms with Gasteiger partial charge in [-0.3, -0.25) is 0 Å². The van der Waals surface area contributed by atoms with Crippen LogP contribution in [-0.4, -0.2) is 24.1 Å². The van der Waals surface area contributed by atoms with Crippen LogP contribution in [0.15, 0.2) is 4.99 Å². The summed E-state index contributed by atoms with van der Waals surface area (Å²) in [7, 11) is 0. The van der Waals surface area contributed by atoms with Gasteiger partial charge in [0.15, 0.2) is 5.17 Å². The van der Waals surface area contributed by atoms with Gasteiger partial charge in [0, 0.05) is 0 Å². The van der Waals surface area contributed by atoms with E-state index in [4.69, 9.17) is 10.5 Å². The van der Waals surface area contributed by atoms with E-state index in [0.717, 1.165) is 19.3 Å². The molecule has 5 heteroatoms. The fourth-order valence-corrected chi connectivity index (χ4v) is 0.845. The van der Waals surface area contributed by atoms with Gasteiger partial charge < -0.3 is 10.5 Å². The fraction of sp³-hybridized carbons (Fsp3) is 0.750. The van der Waals surface area contributed by atoms with Crippen LogP contribution in [0.25, 0.3) is 0 Å². The molecule has 0 fully saturated rings. The Bertz CT molecular complexity index is 183. The molecule has 0 aliphatic carbocycles. The second kappa shape index (κ2) is 7.91. The van der Waals surface area contributed by atoms with Crippen LogP contribution in [0, 0.1) is 0 Å². The number of carbonyl (C=O) groups is 1. The summed E-state index contributed by atoms with van der Waals surface area (Å²) in [4.78, 5) is 14.4. The molecule has 76 valence electrons. The van der Waals surface area contributed by atoms with Crippen LogP contribution < -0.4 is 5.73 Å². The van der Waals surface area contributed by atoms with E-state index in [1.807, 2.05) is 0 Å². The maximum absolute atomic E-state index is 10.9. The quantitative estimate of drug-likeness (QED) is 0.432. The smallest absolute Gasteiger partial charge is 0.436 e. The average Bonchev–Trinajstić information content (AvgIpc) is 2.12. The highest BCUT2D eigenvalue weighted by Crippen LogP contribution is 1.97. The largest absolute Gasteiger partial charge is 0.448 e. The summed E-state index contributed by atoms with van der Waals surface area (Å²) < 4.78 is 4.80. The maximum Gasteiger partial charge on any atom is 0.436 e.